The van der Waals surface area contributed by atoms with Gasteiger partial charge in [0.2, 0.25) is 0 Å². The summed E-state index contributed by atoms with van der Waals surface area (Å²) < 4.78 is 6.08. The normalized spacial score (nSPS) is 19.2. The lowest BCUT2D eigenvalue weighted by atomic mass is 9.97. The van der Waals surface area contributed by atoms with Crippen LogP contribution in [-0.2, 0) is 9.59 Å². The molecule has 0 spiro atoms. The molecule has 1 heterocycles. The van der Waals surface area contributed by atoms with E-state index in [4.69, 9.17) is 4.74 Å². The second-order valence-electron chi connectivity index (χ2n) is 6.52. The summed E-state index contributed by atoms with van der Waals surface area (Å²) in [4.78, 5) is 38.3. The fraction of sp³-hybridized carbons (Fsp3) is 0.350. The summed E-state index contributed by atoms with van der Waals surface area (Å²) in [7, 11) is 1.52. The van der Waals surface area contributed by atoms with E-state index in [1.165, 1.54) is 25.2 Å². The lowest BCUT2D eigenvalue weighted by Gasteiger charge is -2.27. The minimum absolute atomic E-state index is 0.0800. The van der Waals surface area contributed by atoms with Crippen LogP contribution in [0, 0.1) is 0 Å². The molecule has 0 saturated carbocycles. The molecule has 3 rings (SSSR count). The first-order valence-corrected chi connectivity index (χ1v) is 9.69. The molecule has 6 nitrogen and oxygen atoms in total. The van der Waals surface area contributed by atoms with Gasteiger partial charge >= 0.3 is 6.03 Å². The van der Waals surface area contributed by atoms with Gasteiger partial charge < -0.3 is 4.74 Å². The Labute approximate surface area is 166 Å². The van der Waals surface area contributed by atoms with E-state index in [2.05, 4.69) is 27.3 Å². The Bertz CT molecular complexity index is 844. The zero-order chi connectivity index (χ0) is 19.4. The maximum absolute atomic E-state index is 12.8. The summed E-state index contributed by atoms with van der Waals surface area (Å²) in [6.45, 7) is 0.261. The van der Waals surface area contributed by atoms with Gasteiger partial charge in [0.1, 0.15) is 11.3 Å². The molecule has 0 bridgehead atoms. The van der Waals surface area contributed by atoms with Crippen LogP contribution in [0.15, 0.2) is 39.9 Å². The highest BCUT2D eigenvalue weighted by Crippen LogP contribution is 2.27. The number of halogens is 1. The number of allylic oxidation sites excluding steroid dienone is 1. The number of carbonyl (C=O) groups is 3. The summed E-state index contributed by atoms with van der Waals surface area (Å²) in [6, 6.07) is 4.62. The molecule has 142 valence electrons. The number of rotatable bonds is 5. The summed E-state index contributed by atoms with van der Waals surface area (Å²) in [5.74, 6) is -0.746. The van der Waals surface area contributed by atoms with Crippen molar-refractivity contribution < 1.29 is 19.1 Å². The molecule has 2 aliphatic rings. The van der Waals surface area contributed by atoms with Crippen molar-refractivity contribution in [3.8, 4) is 5.75 Å². The molecule has 1 saturated heterocycles. The third kappa shape index (κ3) is 4.47. The lowest BCUT2D eigenvalue weighted by Crippen LogP contribution is -2.54. The van der Waals surface area contributed by atoms with Crippen molar-refractivity contribution in [1.29, 1.82) is 0 Å². The van der Waals surface area contributed by atoms with Crippen molar-refractivity contribution in [2.45, 2.75) is 32.1 Å². The van der Waals surface area contributed by atoms with Gasteiger partial charge in [-0.1, -0.05) is 27.6 Å². The van der Waals surface area contributed by atoms with Gasteiger partial charge in [0, 0.05) is 16.6 Å². The maximum Gasteiger partial charge on any atom is 0.331 e. The largest absolute Gasteiger partial charge is 0.496 e. The Balaban J connectivity index is 1.84. The smallest absolute Gasteiger partial charge is 0.331 e. The molecule has 0 unspecified atom stereocenters. The number of imide groups is 2. The van der Waals surface area contributed by atoms with E-state index < -0.39 is 17.8 Å². The van der Waals surface area contributed by atoms with Crippen molar-refractivity contribution in [3.63, 3.8) is 0 Å². The fourth-order valence-electron chi connectivity index (χ4n) is 3.26. The molecule has 0 radical (unpaired) electrons. The van der Waals surface area contributed by atoms with Crippen LogP contribution in [-0.4, -0.2) is 36.4 Å². The van der Waals surface area contributed by atoms with E-state index >= 15 is 0 Å². The molecule has 1 N–H and O–H groups in total. The van der Waals surface area contributed by atoms with Gasteiger partial charge in [-0.05, 0) is 56.4 Å². The average Bonchev–Trinajstić information content (AvgIpc) is 2.66. The molecular formula is C20H21BrN2O4. The second kappa shape index (κ2) is 8.52. The minimum Gasteiger partial charge on any atom is -0.496 e. The second-order valence-corrected chi connectivity index (χ2v) is 7.43. The number of ether oxygens (including phenoxy) is 1. The monoisotopic (exact) mass is 432 g/mol. The van der Waals surface area contributed by atoms with Crippen molar-refractivity contribution in [3.05, 3.63) is 45.5 Å². The van der Waals surface area contributed by atoms with Crippen LogP contribution < -0.4 is 10.1 Å². The van der Waals surface area contributed by atoms with E-state index in [1.807, 2.05) is 0 Å². The Morgan fingerprint density at radius 2 is 2.07 bits per heavy atom. The third-order valence-electron chi connectivity index (χ3n) is 4.72. The van der Waals surface area contributed by atoms with Crippen molar-refractivity contribution in [1.82, 2.24) is 10.2 Å². The molecule has 27 heavy (non-hydrogen) atoms. The first-order valence-electron chi connectivity index (χ1n) is 8.90. The molecule has 1 fully saturated rings. The number of nitrogens with one attached hydrogen (secondary N) is 1. The van der Waals surface area contributed by atoms with Gasteiger partial charge in [0.15, 0.2) is 0 Å². The maximum atomic E-state index is 12.8. The molecule has 1 aromatic carbocycles. The van der Waals surface area contributed by atoms with E-state index in [1.54, 1.807) is 18.2 Å². The molecular weight excluding hydrogens is 412 g/mol. The average molecular weight is 433 g/mol. The van der Waals surface area contributed by atoms with Crippen LogP contribution in [0.3, 0.4) is 0 Å². The van der Waals surface area contributed by atoms with Gasteiger partial charge in [0.25, 0.3) is 11.8 Å². The number of hydrogen-bond donors (Lipinski definition) is 1. The Kier molecular flexibility index (Phi) is 6.11. The van der Waals surface area contributed by atoms with Crippen molar-refractivity contribution in [2.24, 2.45) is 0 Å². The highest BCUT2D eigenvalue weighted by atomic mass is 79.9. The number of benzene rings is 1. The van der Waals surface area contributed by atoms with Gasteiger partial charge in [-0.3, -0.25) is 19.8 Å². The Morgan fingerprint density at radius 3 is 2.78 bits per heavy atom. The van der Waals surface area contributed by atoms with Crippen LogP contribution in [0.25, 0.3) is 6.08 Å². The predicted molar refractivity (Wildman–Crippen MR) is 105 cm³/mol. The number of carbonyl (C=O) groups excluding carboxylic acids is 3. The van der Waals surface area contributed by atoms with Crippen LogP contribution in [0.4, 0.5) is 4.79 Å². The molecule has 1 aliphatic heterocycles. The molecule has 7 heteroatoms. The number of amides is 4. The summed E-state index contributed by atoms with van der Waals surface area (Å²) in [5, 5.41) is 2.26. The first kappa shape index (κ1) is 19.4. The van der Waals surface area contributed by atoms with Crippen LogP contribution in [0.2, 0.25) is 0 Å². The third-order valence-corrected chi connectivity index (χ3v) is 5.21. The van der Waals surface area contributed by atoms with Crippen molar-refractivity contribution >= 4 is 39.9 Å². The Morgan fingerprint density at radius 1 is 1.26 bits per heavy atom. The van der Waals surface area contributed by atoms with E-state index in [0.717, 1.165) is 28.6 Å². The van der Waals surface area contributed by atoms with E-state index in [0.29, 0.717) is 17.7 Å². The highest BCUT2D eigenvalue weighted by Gasteiger charge is 2.35. The van der Waals surface area contributed by atoms with Gasteiger partial charge in [0.05, 0.1) is 7.11 Å². The standard InChI is InChI=1S/C20H21BrN2O4/c1-27-17-8-7-15(21)11-14(17)12-16-18(24)22-20(26)23(19(16)25)10-9-13-5-3-2-4-6-13/h5,7-8,11-12H,2-4,6,9-10H2,1H3,(H,22,24,26)/b16-12+. The highest BCUT2D eigenvalue weighted by molar-refractivity contribution is 9.10. The number of barbiturate groups is 1. The molecule has 1 aliphatic carbocycles. The quantitative estimate of drug-likeness (QED) is 0.435. The SMILES string of the molecule is COc1ccc(Br)cc1/C=C1\C(=O)NC(=O)N(CCC2=CCCCC2)C1=O. The van der Waals surface area contributed by atoms with Gasteiger partial charge in [-0.15, -0.1) is 0 Å². The summed E-state index contributed by atoms with van der Waals surface area (Å²) in [6.07, 6.45) is 8.65. The van der Waals surface area contributed by atoms with Crippen LogP contribution >= 0.6 is 15.9 Å². The van der Waals surface area contributed by atoms with Crippen molar-refractivity contribution in [2.75, 3.05) is 13.7 Å². The minimum atomic E-state index is -0.694. The van der Waals surface area contributed by atoms with Crippen LogP contribution in [0.5, 0.6) is 5.75 Å². The van der Waals surface area contributed by atoms with Crippen LogP contribution in [0.1, 0.15) is 37.7 Å². The van der Waals surface area contributed by atoms with E-state index in [9.17, 15) is 14.4 Å². The van der Waals surface area contributed by atoms with Gasteiger partial charge in [-0.25, -0.2) is 4.79 Å². The topological polar surface area (TPSA) is 75.7 Å². The zero-order valence-electron chi connectivity index (χ0n) is 15.1. The molecule has 1 aromatic rings. The van der Waals surface area contributed by atoms with E-state index in [-0.39, 0.29) is 12.1 Å². The summed E-state index contributed by atoms with van der Waals surface area (Å²) >= 11 is 3.37. The molecule has 0 atom stereocenters. The Hall–Kier alpha value is -2.41. The molecule has 4 amide bonds. The lowest BCUT2D eigenvalue weighted by molar-refractivity contribution is -0.130. The molecule has 0 aromatic heterocycles. The summed E-state index contributed by atoms with van der Waals surface area (Å²) in [5.41, 5.74) is 1.76. The first-order chi connectivity index (χ1) is 13.0. The predicted octanol–water partition coefficient (Wildman–Crippen LogP) is 3.81. The zero-order valence-corrected chi connectivity index (χ0v) is 16.7. The number of urea groups is 1. The number of hydrogen-bond acceptors (Lipinski definition) is 4. The van der Waals surface area contributed by atoms with Gasteiger partial charge in [-0.2, -0.15) is 0 Å². The fourth-order valence-corrected chi connectivity index (χ4v) is 3.64. The number of nitrogens with zero attached hydrogens (tertiary/aromatic N) is 1. The number of methoxy groups -OCH3 is 1.